The van der Waals surface area contributed by atoms with E-state index in [2.05, 4.69) is 11.0 Å². The minimum atomic E-state index is 0.232. The summed E-state index contributed by atoms with van der Waals surface area (Å²) in [6, 6.07) is 0. The lowest BCUT2D eigenvalue weighted by Crippen LogP contribution is -2.36. The Balaban J connectivity index is 1.33. The van der Waals surface area contributed by atoms with E-state index in [0.29, 0.717) is 17.7 Å². The molecule has 2 aliphatic heterocycles. The van der Waals surface area contributed by atoms with Crippen LogP contribution in [0.5, 0.6) is 0 Å². The van der Waals surface area contributed by atoms with Crippen molar-refractivity contribution in [2.75, 3.05) is 39.5 Å². The molecule has 2 aliphatic carbocycles. The van der Waals surface area contributed by atoms with E-state index >= 15 is 0 Å². The lowest BCUT2D eigenvalue weighted by molar-refractivity contribution is -0.127. The third kappa shape index (κ3) is 3.80. The average Bonchev–Trinajstić information content (AvgIpc) is 3.20. The number of nitrogens with zero attached hydrogens (tertiary/aromatic N) is 1. The van der Waals surface area contributed by atoms with Crippen molar-refractivity contribution in [1.29, 1.82) is 0 Å². The second-order valence-corrected chi connectivity index (χ2v) is 8.68. The molecular formula is C21H33NO3. The molecule has 2 atom stereocenters. The summed E-state index contributed by atoms with van der Waals surface area (Å²) < 4.78 is 11.7. The predicted octanol–water partition coefficient (Wildman–Crippen LogP) is 3.56. The quantitative estimate of drug-likeness (QED) is 0.763. The van der Waals surface area contributed by atoms with Crippen LogP contribution in [0.4, 0.5) is 0 Å². The van der Waals surface area contributed by atoms with Crippen molar-refractivity contribution >= 4 is 5.91 Å². The molecule has 0 unspecified atom stereocenters. The average molecular weight is 347 g/mol. The van der Waals surface area contributed by atoms with Crippen molar-refractivity contribution < 1.29 is 14.3 Å². The van der Waals surface area contributed by atoms with Gasteiger partial charge >= 0.3 is 0 Å². The Morgan fingerprint density at radius 2 is 2.12 bits per heavy atom. The van der Waals surface area contributed by atoms with E-state index in [0.717, 1.165) is 70.8 Å². The molecule has 4 aliphatic rings. The van der Waals surface area contributed by atoms with E-state index < -0.39 is 0 Å². The van der Waals surface area contributed by atoms with Crippen LogP contribution in [-0.2, 0) is 14.3 Å². The first kappa shape index (κ1) is 17.5. The van der Waals surface area contributed by atoms with Gasteiger partial charge in [0, 0.05) is 43.9 Å². The highest BCUT2D eigenvalue weighted by Crippen LogP contribution is 2.49. The Kier molecular flexibility index (Phi) is 5.47. The third-order valence-electron chi connectivity index (χ3n) is 6.98. The largest absolute Gasteiger partial charge is 0.381 e. The molecule has 4 rings (SSSR count). The summed E-state index contributed by atoms with van der Waals surface area (Å²) in [4.78, 5) is 15.0. The first-order valence-electron chi connectivity index (χ1n) is 10.4. The Morgan fingerprint density at radius 1 is 1.24 bits per heavy atom. The summed E-state index contributed by atoms with van der Waals surface area (Å²) in [5, 5.41) is 0. The van der Waals surface area contributed by atoms with E-state index in [1.165, 1.54) is 32.1 Å². The van der Waals surface area contributed by atoms with E-state index in [4.69, 9.17) is 9.47 Å². The van der Waals surface area contributed by atoms with Crippen LogP contribution in [0.15, 0.2) is 11.6 Å². The first-order valence-corrected chi connectivity index (χ1v) is 10.4. The maximum Gasteiger partial charge on any atom is 0.249 e. The van der Waals surface area contributed by atoms with Crippen LogP contribution in [0, 0.1) is 17.3 Å². The molecule has 0 aromatic carbocycles. The zero-order valence-electron chi connectivity index (χ0n) is 15.5. The highest BCUT2D eigenvalue weighted by molar-refractivity contribution is 5.93. The van der Waals surface area contributed by atoms with Gasteiger partial charge in [-0.05, 0) is 63.2 Å². The van der Waals surface area contributed by atoms with Gasteiger partial charge in [-0.2, -0.15) is 0 Å². The minimum Gasteiger partial charge on any atom is -0.381 e. The lowest BCUT2D eigenvalue weighted by Gasteiger charge is -2.30. The Hall–Kier alpha value is -0.870. The van der Waals surface area contributed by atoms with Crippen LogP contribution in [0.1, 0.15) is 57.8 Å². The Morgan fingerprint density at radius 3 is 2.92 bits per heavy atom. The predicted molar refractivity (Wildman–Crippen MR) is 97.3 cm³/mol. The van der Waals surface area contributed by atoms with Crippen LogP contribution in [0.25, 0.3) is 0 Å². The number of likely N-dealkylation sites (tertiary alicyclic amines) is 1. The highest BCUT2D eigenvalue weighted by Gasteiger charge is 2.51. The molecule has 0 aromatic rings. The van der Waals surface area contributed by atoms with E-state index in [1.54, 1.807) is 0 Å². The Labute approximate surface area is 151 Å². The summed E-state index contributed by atoms with van der Waals surface area (Å²) in [5.41, 5.74) is 1.31. The SMILES string of the molecule is O=C(C1=CCCCC1)N1C[C@@H]2CCC[C@]2(COCC2CCOCC2)C1. The van der Waals surface area contributed by atoms with Gasteiger partial charge in [-0.3, -0.25) is 4.79 Å². The fourth-order valence-electron chi connectivity index (χ4n) is 5.38. The molecule has 1 saturated carbocycles. The number of rotatable bonds is 5. The van der Waals surface area contributed by atoms with Gasteiger partial charge in [0.05, 0.1) is 6.61 Å². The maximum absolute atomic E-state index is 12.9. The van der Waals surface area contributed by atoms with Gasteiger partial charge in [0.1, 0.15) is 0 Å². The summed E-state index contributed by atoms with van der Waals surface area (Å²) in [6.07, 6.45) is 12.7. The van der Waals surface area contributed by atoms with E-state index in [9.17, 15) is 4.79 Å². The number of ether oxygens (including phenoxy) is 2. The number of fused-ring (bicyclic) bond motifs is 1. The third-order valence-corrected chi connectivity index (χ3v) is 6.98. The zero-order chi connectivity index (χ0) is 17.1. The number of amides is 1. The summed E-state index contributed by atoms with van der Waals surface area (Å²) in [5.74, 6) is 1.63. The van der Waals surface area contributed by atoms with Gasteiger partial charge in [-0.1, -0.05) is 12.5 Å². The second-order valence-electron chi connectivity index (χ2n) is 8.68. The van der Waals surface area contributed by atoms with Crippen LogP contribution < -0.4 is 0 Å². The molecule has 4 nitrogen and oxygen atoms in total. The summed E-state index contributed by atoms with van der Waals surface area (Å²) in [7, 11) is 0. The van der Waals surface area contributed by atoms with Gasteiger partial charge in [0.15, 0.2) is 0 Å². The van der Waals surface area contributed by atoms with Crippen LogP contribution in [0.3, 0.4) is 0 Å². The van der Waals surface area contributed by atoms with Gasteiger partial charge < -0.3 is 14.4 Å². The summed E-state index contributed by atoms with van der Waals surface area (Å²) in [6.45, 7) is 5.37. The molecule has 2 heterocycles. The standard InChI is InChI=1S/C21H33NO3/c23-20(18-5-2-1-3-6-18)22-13-19-7-4-10-21(19,15-22)16-25-14-17-8-11-24-12-9-17/h5,17,19H,1-4,6-16H2/t19-,21+/m0/s1. The molecular weight excluding hydrogens is 314 g/mol. The van der Waals surface area contributed by atoms with Crippen molar-refractivity contribution in [1.82, 2.24) is 4.90 Å². The number of hydrogen-bond donors (Lipinski definition) is 0. The first-order chi connectivity index (χ1) is 12.3. The van der Waals surface area contributed by atoms with Gasteiger partial charge in [-0.15, -0.1) is 0 Å². The van der Waals surface area contributed by atoms with Crippen LogP contribution in [-0.4, -0.2) is 50.3 Å². The fraction of sp³-hybridized carbons (Fsp3) is 0.857. The number of allylic oxidation sites excluding steroid dienone is 1. The molecule has 2 saturated heterocycles. The van der Waals surface area contributed by atoms with Gasteiger partial charge in [0.2, 0.25) is 5.91 Å². The molecule has 0 spiro atoms. The molecule has 0 radical (unpaired) electrons. The van der Waals surface area contributed by atoms with Crippen LogP contribution >= 0.6 is 0 Å². The van der Waals surface area contributed by atoms with Crippen molar-refractivity contribution in [3.05, 3.63) is 11.6 Å². The van der Waals surface area contributed by atoms with Crippen molar-refractivity contribution in [2.45, 2.75) is 57.8 Å². The molecule has 3 fully saturated rings. The highest BCUT2D eigenvalue weighted by atomic mass is 16.5. The smallest absolute Gasteiger partial charge is 0.249 e. The minimum absolute atomic E-state index is 0.232. The summed E-state index contributed by atoms with van der Waals surface area (Å²) >= 11 is 0. The topological polar surface area (TPSA) is 38.8 Å². The van der Waals surface area contributed by atoms with Crippen molar-refractivity contribution in [3.8, 4) is 0 Å². The number of carbonyl (C=O) groups excluding carboxylic acids is 1. The van der Waals surface area contributed by atoms with Crippen molar-refractivity contribution in [3.63, 3.8) is 0 Å². The van der Waals surface area contributed by atoms with Gasteiger partial charge in [-0.25, -0.2) is 0 Å². The molecule has 1 amide bonds. The molecule has 0 bridgehead atoms. The molecule has 4 heteroatoms. The fourth-order valence-corrected chi connectivity index (χ4v) is 5.38. The zero-order valence-corrected chi connectivity index (χ0v) is 15.5. The van der Waals surface area contributed by atoms with Crippen molar-refractivity contribution in [2.24, 2.45) is 17.3 Å². The van der Waals surface area contributed by atoms with E-state index in [1.807, 2.05) is 0 Å². The second kappa shape index (κ2) is 7.79. The maximum atomic E-state index is 12.9. The van der Waals surface area contributed by atoms with Gasteiger partial charge in [0.25, 0.3) is 0 Å². The molecule has 0 aromatic heterocycles. The molecule has 140 valence electrons. The molecule has 0 N–H and O–H groups in total. The van der Waals surface area contributed by atoms with Crippen LogP contribution in [0.2, 0.25) is 0 Å². The van der Waals surface area contributed by atoms with E-state index in [-0.39, 0.29) is 5.41 Å². The lowest BCUT2D eigenvalue weighted by atomic mass is 9.81. The normalized spacial score (nSPS) is 33.4. The Bertz CT molecular complexity index is 511. The number of carbonyl (C=O) groups is 1. The molecule has 25 heavy (non-hydrogen) atoms. The number of hydrogen-bond acceptors (Lipinski definition) is 3. The monoisotopic (exact) mass is 347 g/mol.